The highest BCUT2D eigenvalue weighted by Crippen LogP contribution is 2.22. The first-order valence-electron chi connectivity index (χ1n) is 7.69. The topological polar surface area (TPSA) is 63.2 Å². The predicted molar refractivity (Wildman–Crippen MR) is 94.8 cm³/mol. The van der Waals surface area contributed by atoms with Crippen molar-refractivity contribution in [2.75, 3.05) is 17.7 Å². The van der Waals surface area contributed by atoms with E-state index in [-0.39, 0.29) is 17.4 Å². The molecule has 1 aromatic heterocycles. The van der Waals surface area contributed by atoms with Crippen molar-refractivity contribution < 1.29 is 18.3 Å². The van der Waals surface area contributed by atoms with E-state index in [1.807, 2.05) is 0 Å². The fourth-order valence-corrected chi connectivity index (χ4v) is 2.23. The quantitative estimate of drug-likeness (QED) is 0.714. The fourth-order valence-electron chi connectivity index (χ4n) is 2.23. The Kier molecular flexibility index (Phi) is 5.07. The summed E-state index contributed by atoms with van der Waals surface area (Å²) in [7, 11) is 1.56. The Hall–Kier alpha value is -3.48. The molecule has 2 N–H and O–H groups in total. The molecule has 0 spiro atoms. The summed E-state index contributed by atoms with van der Waals surface area (Å²) in [6.45, 7) is 0. The summed E-state index contributed by atoms with van der Waals surface area (Å²) in [6.07, 6.45) is 1.32. The van der Waals surface area contributed by atoms with Gasteiger partial charge in [0.15, 0.2) is 0 Å². The van der Waals surface area contributed by atoms with Crippen molar-refractivity contribution in [2.24, 2.45) is 0 Å². The van der Waals surface area contributed by atoms with Crippen LogP contribution in [-0.4, -0.2) is 18.0 Å². The lowest BCUT2D eigenvalue weighted by molar-refractivity contribution is 0.102. The predicted octanol–water partition coefficient (Wildman–Crippen LogP) is 4.36. The summed E-state index contributed by atoms with van der Waals surface area (Å²) in [6, 6.07) is 13.4. The number of aromatic nitrogens is 1. The van der Waals surface area contributed by atoms with Crippen molar-refractivity contribution in [3.63, 3.8) is 0 Å². The second-order valence-electron chi connectivity index (χ2n) is 5.34. The third-order valence-electron chi connectivity index (χ3n) is 3.59. The van der Waals surface area contributed by atoms with E-state index in [4.69, 9.17) is 4.74 Å². The zero-order valence-corrected chi connectivity index (χ0v) is 13.8. The number of halogens is 2. The van der Waals surface area contributed by atoms with Crippen molar-refractivity contribution in [3.05, 3.63) is 78.0 Å². The molecule has 5 nitrogen and oxygen atoms in total. The van der Waals surface area contributed by atoms with Gasteiger partial charge < -0.3 is 15.4 Å². The van der Waals surface area contributed by atoms with E-state index < -0.39 is 11.6 Å². The lowest BCUT2D eigenvalue weighted by atomic mass is 10.2. The Balaban J connectivity index is 1.69. The molecular formula is C19H15F2N3O2. The van der Waals surface area contributed by atoms with Crippen LogP contribution in [0.5, 0.6) is 5.75 Å². The monoisotopic (exact) mass is 355 g/mol. The maximum atomic E-state index is 13.6. The van der Waals surface area contributed by atoms with Gasteiger partial charge in [-0.05, 0) is 48.5 Å². The summed E-state index contributed by atoms with van der Waals surface area (Å²) < 4.78 is 32.3. The highest BCUT2D eigenvalue weighted by molar-refractivity contribution is 6.04. The van der Waals surface area contributed by atoms with Crippen molar-refractivity contribution in [1.29, 1.82) is 0 Å². The minimum atomic E-state index is -0.729. The third-order valence-corrected chi connectivity index (χ3v) is 3.59. The van der Waals surface area contributed by atoms with Gasteiger partial charge in [0.2, 0.25) is 0 Å². The molecule has 7 heteroatoms. The van der Waals surface area contributed by atoms with Gasteiger partial charge in [0.25, 0.3) is 5.91 Å². The molecule has 0 unspecified atom stereocenters. The number of rotatable bonds is 5. The smallest absolute Gasteiger partial charge is 0.257 e. The number of hydrogen-bond acceptors (Lipinski definition) is 4. The minimum absolute atomic E-state index is 0.218. The number of para-hydroxylation sites is 1. The molecule has 3 rings (SSSR count). The number of pyridine rings is 1. The Morgan fingerprint density at radius 2 is 1.69 bits per heavy atom. The van der Waals surface area contributed by atoms with Crippen LogP contribution in [-0.2, 0) is 0 Å². The lowest BCUT2D eigenvalue weighted by Gasteiger charge is -2.09. The number of carbonyl (C=O) groups excluding carboxylic acids is 1. The average Bonchev–Trinajstić information content (AvgIpc) is 2.66. The normalized spacial score (nSPS) is 10.3. The number of carbonyl (C=O) groups is 1. The number of anilines is 3. The van der Waals surface area contributed by atoms with Gasteiger partial charge in [0.1, 0.15) is 28.9 Å². The van der Waals surface area contributed by atoms with E-state index in [0.29, 0.717) is 17.0 Å². The van der Waals surface area contributed by atoms with E-state index in [2.05, 4.69) is 15.6 Å². The van der Waals surface area contributed by atoms with Crippen LogP contribution in [0.2, 0.25) is 0 Å². The number of hydrogen-bond donors (Lipinski definition) is 2. The number of methoxy groups -OCH3 is 1. The average molecular weight is 355 g/mol. The first-order chi connectivity index (χ1) is 12.6. The molecule has 0 saturated heterocycles. The second kappa shape index (κ2) is 7.60. The molecule has 0 aliphatic carbocycles. The van der Waals surface area contributed by atoms with Crippen molar-refractivity contribution in [3.8, 4) is 5.75 Å². The van der Waals surface area contributed by atoms with Crippen molar-refractivity contribution in [2.45, 2.75) is 0 Å². The van der Waals surface area contributed by atoms with Crippen LogP contribution < -0.4 is 15.4 Å². The van der Waals surface area contributed by atoms with E-state index >= 15 is 0 Å². The maximum Gasteiger partial charge on any atom is 0.257 e. The second-order valence-corrected chi connectivity index (χ2v) is 5.34. The van der Waals surface area contributed by atoms with Gasteiger partial charge >= 0.3 is 0 Å². The maximum absolute atomic E-state index is 13.6. The molecule has 2 aromatic carbocycles. The molecule has 1 heterocycles. The van der Waals surface area contributed by atoms with Gasteiger partial charge in [0.05, 0.1) is 12.7 Å². The van der Waals surface area contributed by atoms with Crippen LogP contribution >= 0.6 is 0 Å². The van der Waals surface area contributed by atoms with Gasteiger partial charge in [-0.2, -0.15) is 0 Å². The zero-order chi connectivity index (χ0) is 18.5. The van der Waals surface area contributed by atoms with Gasteiger partial charge in [-0.15, -0.1) is 0 Å². The van der Waals surface area contributed by atoms with E-state index in [1.165, 1.54) is 24.4 Å². The zero-order valence-electron chi connectivity index (χ0n) is 13.8. The van der Waals surface area contributed by atoms with Crippen molar-refractivity contribution >= 4 is 23.1 Å². The summed E-state index contributed by atoms with van der Waals surface area (Å²) in [5.74, 6) is -0.914. The fraction of sp³-hybridized carbons (Fsp3) is 0.0526. The van der Waals surface area contributed by atoms with E-state index in [9.17, 15) is 13.6 Å². The summed E-state index contributed by atoms with van der Waals surface area (Å²) in [5, 5.41) is 5.28. The largest absolute Gasteiger partial charge is 0.497 e. The van der Waals surface area contributed by atoms with E-state index in [1.54, 1.807) is 31.4 Å². The summed E-state index contributed by atoms with van der Waals surface area (Å²) >= 11 is 0. The standard InChI is InChI=1S/C19H15F2N3O2/c1-26-14-8-6-13(7-9-14)23-19(25)12-5-10-17(22-11-12)24-18-15(20)3-2-4-16(18)21/h2-11H,1H3,(H,22,24)(H,23,25). The van der Waals surface area contributed by atoms with Crippen LogP contribution in [0, 0.1) is 11.6 Å². The number of nitrogens with one attached hydrogen (secondary N) is 2. The molecule has 0 fully saturated rings. The Morgan fingerprint density at radius 1 is 1.00 bits per heavy atom. The summed E-state index contributed by atoms with van der Waals surface area (Å²) in [5.41, 5.74) is 0.613. The Bertz CT molecular complexity index is 893. The van der Waals surface area contributed by atoms with Crippen LogP contribution in [0.4, 0.5) is 26.0 Å². The molecule has 26 heavy (non-hydrogen) atoms. The van der Waals surface area contributed by atoms with Gasteiger partial charge in [0, 0.05) is 11.9 Å². The first-order valence-corrected chi connectivity index (χ1v) is 7.69. The number of nitrogens with zero attached hydrogens (tertiary/aromatic N) is 1. The number of amides is 1. The van der Waals surface area contributed by atoms with Gasteiger partial charge in [-0.25, -0.2) is 13.8 Å². The lowest BCUT2D eigenvalue weighted by Crippen LogP contribution is -2.12. The number of benzene rings is 2. The van der Waals surface area contributed by atoms with Gasteiger partial charge in [-0.1, -0.05) is 6.07 Å². The van der Waals surface area contributed by atoms with Crippen LogP contribution in [0.25, 0.3) is 0 Å². The molecular weight excluding hydrogens is 340 g/mol. The van der Waals surface area contributed by atoms with Gasteiger partial charge in [-0.3, -0.25) is 4.79 Å². The molecule has 0 radical (unpaired) electrons. The molecule has 0 aliphatic heterocycles. The highest BCUT2D eigenvalue weighted by atomic mass is 19.1. The third kappa shape index (κ3) is 3.94. The molecule has 132 valence electrons. The molecule has 1 amide bonds. The minimum Gasteiger partial charge on any atom is -0.497 e. The molecule has 0 atom stereocenters. The van der Waals surface area contributed by atoms with Crippen LogP contribution in [0.3, 0.4) is 0 Å². The molecule has 0 aliphatic rings. The Morgan fingerprint density at radius 3 is 2.27 bits per heavy atom. The van der Waals surface area contributed by atoms with Crippen molar-refractivity contribution in [1.82, 2.24) is 4.98 Å². The molecule has 3 aromatic rings. The first kappa shape index (κ1) is 17.3. The highest BCUT2D eigenvalue weighted by Gasteiger charge is 2.11. The SMILES string of the molecule is COc1ccc(NC(=O)c2ccc(Nc3c(F)cccc3F)nc2)cc1. The molecule has 0 bridgehead atoms. The summed E-state index contributed by atoms with van der Waals surface area (Å²) in [4.78, 5) is 16.2. The van der Waals surface area contributed by atoms with E-state index in [0.717, 1.165) is 12.1 Å². The Labute approximate surface area is 148 Å². The van der Waals surface area contributed by atoms with Crippen LogP contribution in [0.1, 0.15) is 10.4 Å². The number of ether oxygens (including phenoxy) is 1. The molecule has 0 saturated carbocycles. The van der Waals surface area contributed by atoms with Crippen LogP contribution in [0.15, 0.2) is 60.8 Å².